The number of nitrogens with one attached hydrogen (secondary N) is 1. The van der Waals surface area contributed by atoms with Crippen molar-refractivity contribution in [2.75, 3.05) is 5.43 Å². The smallest absolute Gasteiger partial charge is 0.208 e. The van der Waals surface area contributed by atoms with Gasteiger partial charge in [-0.15, -0.1) is 16.4 Å². The highest BCUT2D eigenvalue weighted by Crippen LogP contribution is 2.27. The van der Waals surface area contributed by atoms with E-state index in [1.165, 1.54) is 0 Å². The molecule has 0 amide bonds. The molecule has 0 saturated carbocycles. The van der Waals surface area contributed by atoms with Gasteiger partial charge in [-0.2, -0.15) is 0 Å². The number of thiazole rings is 1. The third-order valence-electron chi connectivity index (χ3n) is 5.55. The third kappa shape index (κ3) is 4.74. The largest absolute Gasteiger partial charge is 0.315 e. The molecule has 0 aliphatic carbocycles. The van der Waals surface area contributed by atoms with Gasteiger partial charge in [0.25, 0.3) is 0 Å². The van der Waals surface area contributed by atoms with Crippen LogP contribution in [0.3, 0.4) is 0 Å². The molecule has 0 spiro atoms. The Labute approximate surface area is 207 Å². The summed E-state index contributed by atoms with van der Waals surface area (Å²) in [6, 6.07) is 25.9. The topological polar surface area (TPSA) is 55.1 Å². The Morgan fingerprint density at radius 1 is 0.882 bits per heavy atom. The first kappa shape index (κ1) is 22.3. The van der Waals surface area contributed by atoms with Crippen LogP contribution < -0.4 is 10.2 Å². The molecule has 0 aliphatic rings. The molecule has 0 unspecified atom stereocenters. The first-order valence-corrected chi connectivity index (χ1v) is 12.5. The van der Waals surface area contributed by atoms with Crippen LogP contribution in [0.1, 0.15) is 19.8 Å². The number of para-hydroxylation sites is 2. The lowest BCUT2D eigenvalue weighted by Crippen LogP contribution is -2.18. The lowest BCUT2D eigenvalue weighted by molar-refractivity contribution is 0.622. The minimum atomic E-state index is 0.633. The number of hydrogen-bond donors (Lipinski definition) is 1. The van der Waals surface area contributed by atoms with Crippen LogP contribution in [0.4, 0.5) is 5.82 Å². The molecule has 34 heavy (non-hydrogen) atoms. The quantitative estimate of drug-likeness (QED) is 0.248. The third-order valence-corrected chi connectivity index (χ3v) is 6.66. The Balaban J connectivity index is 1.59. The number of rotatable bonds is 7. The molecule has 5 rings (SSSR count). The van der Waals surface area contributed by atoms with Crippen LogP contribution in [0.5, 0.6) is 0 Å². The number of aromatic nitrogens is 3. The highest BCUT2D eigenvalue weighted by molar-refractivity contribution is 7.07. The predicted molar refractivity (Wildman–Crippen MR) is 142 cm³/mol. The van der Waals surface area contributed by atoms with Gasteiger partial charge in [0, 0.05) is 22.5 Å². The van der Waals surface area contributed by atoms with E-state index in [-0.39, 0.29) is 0 Å². The van der Waals surface area contributed by atoms with Crippen LogP contribution in [0, 0.1) is 0 Å². The average Bonchev–Trinajstić information content (AvgIpc) is 3.29. The molecule has 170 valence electrons. The fourth-order valence-corrected chi connectivity index (χ4v) is 4.80. The molecule has 0 fully saturated rings. The van der Waals surface area contributed by atoms with Crippen LogP contribution in [0.2, 0.25) is 5.02 Å². The Morgan fingerprint density at radius 3 is 2.32 bits per heavy atom. The van der Waals surface area contributed by atoms with Crippen LogP contribution in [-0.2, 0) is 6.54 Å². The molecule has 0 radical (unpaired) electrons. The number of halogens is 1. The van der Waals surface area contributed by atoms with Crippen molar-refractivity contribution in [3.8, 4) is 22.5 Å². The summed E-state index contributed by atoms with van der Waals surface area (Å²) in [5.41, 5.74) is 8.92. The average molecular weight is 486 g/mol. The van der Waals surface area contributed by atoms with Crippen molar-refractivity contribution in [3.63, 3.8) is 0 Å². The summed E-state index contributed by atoms with van der Waals surface area (Å²) in [4.78, 5) is 10.6. The summed E-state index contributed by atoms with van der Waals surface area (Å²) in [6.07, 6.45) is 2.17. The maximum absolute atomic E-state index is 6.11. The Hall–Kier alpha value is -3.48. The number of fused-ring (bicyclic) bond motifs is 1. The highest BCUT2D eigenvalue weighted by Gasteiger charge is 2.12. The summed E-state index contributed by atoms with van der Waals surface area (Å²) in [5, 5.41) is 7.66. The van der Waals surface area contributed by atoms with E-state index >= 15 is 0 Å². The number of nitrogens with zero attached hydrogens (tertiary/aromatic N) is 4. The monoisotopic (exact) mass is 485 g/mol. The van der Waals surface area contributed by atoms with Crippen molar-refractivity contribution in [3.05, 3.63) is 94.1 Å². The fraction of sp³-hybridized carbons (Fsp3) is 0.148. The van der Waals surface area contributed by atoms with Crippen molar-refractivity contribution >= 4 is 39.8 Å². The van der Waals surface area contributed by atoms with Gasteiger partial charge >= 0.3 is 0 Å². The van der Waals surface area contributed by atoms with Crippen molar-refractivity contribution in [1.82, 2.24) is 14.5 Å². The molecule has 1 N–H and O–H groups in total. The van der Waals surface area contributed by atoms with Gasteiger partial charge < -0.3 is 4.57 Å². The molecule has 5 nitrogen and oxygen atoms in total. The first-order valence-electron chi connectivity index (χ1n) is 11.3. The minimum absolute atomic E-state index is 0.633. The van der Waals surface area contributed by atoms with Gasteiger partial charge in [-0.05, 0) is 36.2 Å². The van der Waals surface area contributed by atoms with E-state index in [1.54, 1.807) is 11.3 Å². The molecule has 0 atom stereocenters. The highest BCUT2D eigenvalue weighted by atomic mass is 35.5. The van der Waals surface area contributed by atoms with Crippen molar-refractivity contribution in [2.24, 2.45) is 5.10 Å². The maximum Gasteiger partial charge on any atom is 0.208 e. The molecule has 7 heteroatoms. The van der Waals surface area contributed by atoms with E-state index in [1.807, 2.05) is 78.9 Å². The second kappa shape index (κ2) is 10.2. The number of anilines is 1. The van der Waals surface area contributed by atoms with Crippen molar-refractivity contribution in [1.29, 1.82) is 0 Å². The molecule has 5 aromatic rings. The molecule has 0 saturated heterocycles. The van der Waals surface area contributed by atoms with Gasteiger partial charge in [-0.3, -0.25) is 5.43 Å². The Kier molecular flexibility index (Phi) is 6.70. The lowest BCUT2D eigenvalue weighted by atomic mass is 10.1. The fourth-order valence-electron chi connectivity index (χ4n) is 3.78. The normalized spacial score (nSPS) is 11.8. The molecular formula is C27H24ClN5S. The molecular weight excluding hydrogens is 462 g/mol. The second-order valence-corrected chi connectivity index (χ2v) is 9.19. The zero-order valence-corrected chi connectivity index (χ0v) is 20.4. The second-order valence-electron chi connectivity index (χ2n) is 7.91. The summed E-state index contributed by atoms with van der Waals surface area (Å²) < 4.78 is 2.25. The van der Waals surface area contributed by atoms with E-state index in [4.69, 9.17) is 26.7 Å². The van der Waals surface area contributed by atoms with E-state index in [9.17, 15) is 0 Å². The van der Waals surface area contributed by atoms with Gasteiger partial charge in [0.05, 0.1) is 16.7 Å². The zero-order valence-electron chi connectivity index (χ0n) is 18.8. The number of unbranched alkanes of at least 4 members (excludes halogenated alkanes) is 1. The summed E-state index contributed by atoms with van der Waals surface area (Å²) in [7, 11) is 0. The Morgan fingerprint density at radius 2 is 1.59 bits per heavy atom. The maximum atomic E-state index is 6.11. The van der Waals surface area contributed by atoms with Crippen LogP contribution in [0.15, 0.2) is 89.3 Å². The van der Waals surface area contributed by atoms with Gasteiger partial charge in [-0.25, -0.2) is 9.97 Å². The van der Waals surface area contributed by atoms with E-state index in [0.29, 0.717) is 5.82 Å². The van der Waals surface area contributed by atoms with E-state index in [2.05, 4.69) is 22.3 Å². The van der Waals surface area contributed by atoms with Gasteiger partial charge in [-0.1, -0.05) is 79.5 Å². The Bertz CT molecular complexity index is 1470. The van der Waals surface area contributed by atoms with Gasteiger partial charge in [0.15, 0.2) is 5.82 Å². The molecule has 0 aliphatic heterocycles. The van der Waals surface area contributed by atoms with Crippen molar-refractivity contribution in [2.45, 2.75) is 26.3 Å². The van der Waals surface area contributed by atoms with Crippen molar-refractivity contribution < 1.29 is 0 Å². The molecule has 2 heterocycles. The molecule has 2 aromatic heterocycles. The molecule has 0 bridgehead atoms. The first-order chi connectivity index (χ1) is 16.7. The summed E-state index contributed by atoms with van der Waals surface area (Å²) in [6.45, 7) is 3.08. The van der Waals surface area contributed by atoms with Crippen LogP contribution >= 0.6 is 22.9 Å². The van der Waals surface area contributed by atoms with E-state index < -0.39 is 0 Å². The minimum Gasteiger partial charge on any atom is -0.315 e. The van der Waals surface area contributed by atoms with Gasteiger partial charge in [0.1, 0.15) is 5.69 Å². The summed E-state index contributed by atoms with van der Waals surface area (Å²) >= 11 is 7.71. The van der Waals surface area contributed by atoms with Gasteiger partial charge in [0.2, 0.25) is 4.80 Å². The zero-order chi connectivity index (χ0) is 23.3. The number of hydrogen-bond acceptors (Lipinski definition) is 5. The standard InChI is InChI=1S/C27H24ClN5S/c1-2-3-17-33-24(19-13-15-21(28)16-14-19)18-34-27(33)32-31-26-25(20-9-5-4-6-10-20)29-22-11-7-8-12-23(22)30-26/h4-16,18H,2-3,17H2,1H3,(H,30,31)/b32-27+. The lowest BCUT2D eigenvalue weighted by Gasteiger charge is -2.10. The SMILES string of the molecule is CCCCn1c(-c2ccc(Cl)cc2)cs/c1=N/Nc1nc2ccccc2nc1-c1ccccc1. The summed E-state index contributed by atoms with van der Waals surface area (Å²) in [5.74, 6) is 0.633. The van der Waals surface area contributed by atoms with Crippen LogP contribution in [0.25, 0.3) is 33.5 Å². The predicted octanol–water partition coefficient (Wildman–Crippen LogP) is 7.21. The van der Waals surface area contributed by atoms with E-state index in [0.717, 1.165) is 62.8 Å². The number of benzene rings is 3. The molecule has 3 aromatic carbocycles. The van der Waals surface area contributed by atoms with Crippen LogP contribution in [-0.4, -0.2) is 14.5 Å².